The lowest BCUT2D eigenvalue weighted by molar-refractivity contribution is -0.136. The fraction of sp³-hybridized carbons (Fsp3) is 0.133. The number of benzene rings is 2. The molecule has 2 rings (SSSR count). The van der Waals surface area contributed by atoms with E-state index in [1.54, 1.807) is 18.2 Å². The molecule has 0 aromatic heterocycles. The van der Waals surface area contributed by atoms with Crippen LogP contribution in [0.25, 0.3) is 0 Å². The normalized spacial score (nSPS) is 10.2. The number of hydroxylamine groups is 1. The Morgan fingerprint density at radius 3 is 2.62 bits per heavy atom. The van der Waals surface area contributed by atoms with Gasteiger partial charge in [0, 0.05) is 11.1 Å². The Morgan fingerprint density at radius 1 is 1.10 bits per heavy atom. The molecule has 0 saturated carbocycles. The van der Waals surface area contributed by atoms with Crippen molar-refractivity contribution in [3.8, 4) is 5.75 Å². The van der Waals surface area contributed by atoms with Crippen molar-refractivity contribution in [3.63, 3.8) is 0 Å². The SMILES string of the molecule is O=C(COc1cc(Cl)ccc1Cl)NOCc1ccccc1. The zero-order chi connectivity index (χ0) is 15.1. The minimum absolute atomic E-state index is 0.213. The van der Waals surface area contributed by atoms with Crippen LogP contribution in [0.2, 0.25) is 10.0 Å². The molecule has 4 nitrogen and oxygen atoms in total. The van der Waals surface area contributed by atoms with E-state index in [1.807, 2.05) is 30.3 Å². The van der Waals surface area contributed by atoms with E-state index in [4.69, 9.17) is 32.8 Å². The molecule has 21 heavy (non-hydrogen) atoms. The minimum Gasteiger partial charge on any atom is -0.482 e. The van der Waals surface area contributed by atoms with Gasteiger partial charge < -0.3 is 4.74 Å². The van der Waals surface area contributed by atoms with Gasteiger partial charge in [0.15, 0.2) is 6.61 Å². The van der Waals surface area contributed by atoms with Gasteiger partial charge in [0.1, 0.15) is 5.75 Å². The molecule has 2 aromatic rings. The Labute approximate surface area is 132 Å². The summed E-state index contributed by atoms with van der Waals surface area (Å²) in [4.78, 5) is 16.7. The molecule has 0 saturated heterocycles. The summed E-state index contributed by atoms with van der Waals surface area (Å²) in [5.74, 6) is -0.0654. The van der Waals surface area contributed by atoms with Crippen LogP contribution in [0.5, 0.6) is 5.75 Å². The number of nitrogens with one attached hydrogen (secondary N) is 1. The van der Waals surface area contributed by atoms with Gasteiger partial charge >= 0.3 is 0 Å². The second kappa shape index (κ2) is 7.88. The first kappa shape index (κ1) is 15.6. The first-order valence-electron chi connectivity index (χ1n) is 6.17. The molecule has 0 atom stereocenters. The molecular weight excluding hydrogens is 313 g/mol. The summed E-state index contributed by atoms with van der Waals surface area (Å²) in [7, 11) is 0. The number of ether oxygens (including phenoxy) is 1. The third-order valence-electron chi connectivity index (χ3n) is 2.52. The van der Waals surface area contributed by atoms with Gasteiger partial charge in [0.05, 0.1) is 11.6 Å². The number of rotatable bonds is 6. The van der Waals surface area contributed by atoms with Gasteiger partial charge in [-0.05, 0) is 17.7 Å². The molecule has 1 amide bonds. The lowest BCUT2D eigenvalue weighted by atomic mass is 10.2. The molecule has 0 aliphatic carbocycles. The lowest BCUT2D eigenvalue weighted by Gasteiger charge is -2.09. The maximum absolute atomic E-state index is 11.6. The summed E-state index contributed by atoms with van der Waals surface area (Å²) >= 11 is 11.7. The highest BCUT2D eigenvalue weighted by Gasteiger charge is 2.06. The van der Waals surface area contributed by atoms with Crippen LogP contribution in [0.3, 0.4) is 0 Å². The molecule has 0 unspecified atom stereocenters. The van der Waals surface area contributed by atoms with Crippen LogP contribution >= 0.6 is 23.2 Å². The monoisotopic (exact) mass is 325 g/mol. The number of carbonyl (C=O) groups is 1. The average molecular weight is 326 g/mol. The van der Waals surface area contributed by atoms with Crippen LogP contribution in [0.4, 0.5) is 0 Å². The van der Waals surface area contributed by atoms with Crippen molar-refractivity contribution < 1.29 is 14.4 Å². The molecule has 110 valence electrons. The molecule has 2 aromatic carbocycles. The summed E-state index contributed by atoms with van der Waals surface area (Å²) in [6.45, 7) is 0.0688. The Balaban J connectivity index is 1.74. The largest absolute Gasteiger partial charge is 0.482 e. The highest BCUT2D eigenvalue weighted by molar-refractivity contribution is 6.34. The fourth-order valence-corrected chi connectivity index (χ4v) is 1.87. The molecule has 0 heterocycles. The quantitative estimate of drug-likeness (QED) is 0.825. The molecule has 0 bridgehead atoms. The van der Waals surface area contributed by atoms with Gasteiger partial charge in [-0.15, -0.1) is 0 Å². The van der Waals surface area contributed by atoms with Crippen molar-refractivity contribution in [1.29, 1.82) is 0 Å². The van der Waals surface area contributed by atoms with Gasteiger partial charge in [-0.1, -0.05) is 53.5 Å². The van der Waals surface area contributed by atoms with E-state index in [-0.39, 0.29) is 13.2 Å². The number of carbonyl (C=O) groups excluding carboxylic acids is 1. The Bertz CT molecular complexity index is 605. The fourth-order valence-electron chi connectivity index (χ4n) is 1.53. The molecule has 0 radical (unpaired) electrons. The van der Waals surface area contributed by atoms with E-state index >= 15 is 0 Å². The third-order valence-corrected chi connectivity index (χ3v) is 3.07. The molecular formula is C15H13Cl2NO3. The number of amides is 1. The topological polar surface area (TPSA) is 47.6 Å². The van der Waals surface area contributed by atoms with Crippen LogP contribution in [0, 0.1) is 0 Å². The number of halogens is 2. The van der Waals surface area contributed by atoms with Crippen molar-refractivity contribution in [2.75, 3.05) is 6.61 Å². The first-order valence-corrected chi connectivity index (χ1v) is 6.93. The van der Waals surface area contributed by atoms with Gasteiger partial charge in [-0.2, -0.15) is 0 Å². The van der Waals surface area contributed by atoms with Crippen LogP contribution in [0.1, 0.15) is 5.56 Å². The molecule has 1 N–H and O–H groups in total. The molecule has 0 fully saturated rings. The van der Waals surface area contributed by atoms with Crippen molar-refractivity contribution in [2.24, 2.45) is 0 Å². The lowest BCUT2D eigenvalue weighted by Crippen LogP contribution is -2.29. The van der Waals surface area contributed by atoms with Gasteiger partial charge in [0.25, 0.3) is 5.91 Å². The Kier molecular flexibility index (Phi) is 5.87. The summed E-state index contributed by atoms with van der Waals surface area (Å²) < 4.78 is 5.27. The molecule has 6 heteroatoms. The number of hydrogen-bond acceptors (Lipinski definition) is 3. The standard InChI is InChI=1S/C15H13Cl2NO3/c16-12-6-7-13(17)14(8-12)20-10-15(19)18-21-9-11-4-2-1-3-5-11/h1-8H,9-10H2,(H,18,19). The highest BCUT2D eigenvalue weighted by atomic mass is 35.5. The molecule has 0 aliphatic rings. The smallest absolute Gasteiger partial charge is 0.281 e. The van der Waals surface area contributed by atoms with E-state index in [1.165, 1.54) is 0 Å². The van der Waals surface area contributed by atoms with E-state index in [2.05, 4.69) is 5.48 Å². The van der Waals surface area contributed by atoms with E-state index in [0.717, 1.165) is 5.56 Å². The predicted molar refractivity (Wildman–Crippen MR) is 81.3 cm³/mol. The second-order valence-corrected chi connectivity index (χ2v) is 5.01. The molecule has 0 aliphatic heterocycles. The van der Waals surface area contributed by atoms with Crippen LogP contribution < -0.4 is 10.2 Å². The van der Waals surface area contributed by atoms with Gasteiger partial charge in [-0.3, -0.25) is 9.63 Å². The number of hydrogen-bond donors (Lipinski definition) is 1. The summed E-state index contributed by atoms with van der Waals surface area (Å²) in [5.41, 5.74) is 3.25. The summed E-state index contributed by atoms with van der Waals surface area (Å²) in [5, 5.41) is 0.868. The van der Waals surface area contributed by atoms with Crippen molar-refractivity contribution >= 4 is 29.1 Å². The van der Waals surface area contributed by atoms with Gasteiger partial charge in [0.2, 0.25) is 0 Å². The summed E-state index contributed by atoms with van der Waals surface area (Å²) in [6.07, 6.45) is 0. The van der Waals surface area contributed by atoms with Crippen molar-refractivity contribution in [1.82, 2.24) is 5.48 Å². The van der Waals surface area contributed by atoms with E-state index in [9.17, 15) is 4.79 Å². The molecule has 0 spiro atoms. The van der Waals surface area contributed by atoms with Crippen molar-refractivity contribution in [3.05, 3.63) is 64.1 Å². The predicted octanol–water partition coefficient (Wildman–Crippen LogP) is 3.62. The van der Waals surface area contributed by atoms with Crippen LogP contribution in [-0.4, -0.2) is 12.5 Å². The first-order chi connectivity index (χ1) is 10.1. The van der Waals surface area contributed by atoms with E-state index in [0.29, 0.717) is 15.8 Å². The van der Waals surface area contributed by atoms with E-state index < -0.39 is 5.91 Å². The van der Waals surface area contributed by atoms with Crippen LogP contribution in [-0.2, 0) is 16.2 Å². The maximum atomic E-state index is 11.6. The maximum Gasteiger partial charge on any atom is 0.281 e. The third kappa shape index (κ3) is 5.27. The highest BCUT2D eigenvalue weighted by Crippen LogP contribution is 2.27. The average Bonchev–Trinajstić information content (AvgIpc) is 2.49. The second-order valence-electron chi connectivity index (χ2n) is 4.16. The zero-order valence-electron chi connectivity index (χ0n) is 11.0. The van der Waals surface area contributed by atoms with Crippen LogP contribution in [0.15, 0.2) is 48.5 Å². The minimum atomic E-state index is -0.415. The van der Waals surface area contributed by atoms with Gasteiger partial charge in [-0.25, -0.2) is 5.48 Å². The Morgan fingerprint density at radius 2 is 1.86 bits per heavy atom. The van der Waals surface area contributed by atoms with Crippen molar-refractivity contribution in [2.45, 2.75) is 6.61 Å². The Hall–Kier alpha value is -1.75. The summed E-state index contributed by atoms with van der Waals surface area (Å²) in [6, 6.07) is 14.3. The zero-order valence-corrected chi connectivity index (χ0v) is 12.5.